The summed E-state index contributed by atoms with van der Waals surface area (Å²) in [4.78, 5) is 63.8. The monoisotopic (exact) mass is 981 g/mol. The molecular formula is C53H63N11O8. The van der Waals surface area contributed by atoms with Crippen LogP contribution in [0.4, 0.5) is 29.2 Å². The molecule has 2 aromatic carbocycles. The number of anilines is 5. The van der Waals surface area contributed by atoms with Crippen LogP contribution in [-0.2, 0) is 23.7 Å². The Morgan fingerprint density at radius 2 is 1.08 bits per heavy atom. The Balaban J connectivity index is 0.000000166. The molecule has 1 N–H and O–H groups in total. The topological polar surface area (TPSA) is 192 Å². The molecule has 6 aromatic rings. The van der Waals surface area contributed by atoms with Crippen LogP contribution in [0.2, 0.25) is 0 Å². The highest BCUT2D eigenvalue weighted by Gasteiger charge is 2.30. The summed E-state index contributed by atoms with van der Waals surface area (Å²) in [5.41, 5.74) is 6.39. The summed E-state index contributed by atoms with van der Waals surface area (Å²) in [5, 5.41) is 5.16. The predicted molar refractivity (Wildman–Crippen MR) is 276 cm³/mol. The van der Waals surface area contributed by atoms with E-state index < -0.39 is 5.97 Å². The Labute approximate surface area is 419 Å². The molecule has 11 rings (SSSR count). The van der Waals surface area contributed by atoms with E-state index in [9.17, 15) is 9.59 Å². The van der Waals surface area contributed by atoms with Crippen molar-refractivity contribution < 1.29 is 38.0 Å². The third kappa shape index (κ3) is 10.0. The molecule has 4 fully saturated rings. The number of fused-ring (bicyclic) bond motifs is 3. The van der Waals surface area contributed by atoms with Crippen LogP contribution < -0.4 is 29.7 Å². The molecule has 19 heteroatoms. The summed E-state index contributed by atoms with van der Waals surface area (Å²) in [6.45, 7) is 17.5. The first kappa shape index (κ1) is 48.8. The number of hydrogen-bond donors (Lipinski definition) is 1. The van der Waals surface area contributed by atoms with Crippen molar-refractivity contribution in [2.75, 3.05) is 125 Å². The first-order chi connectivity index (χ1) is 35.1. The lowest BCUT2D eigenvalue weighted by atomic mass is 10.0. The molecule has 0 aliphatic carbocycles. The van der Waals surface area contributed by atoms with Gasteiger partial charge in [-0.2, -0.15) is 19.9 Å². The number of rotatable bonds is 8. The molecule has 9 heterocycles. The molecule has 0 saturated carbocycles. The Kier molecular flexibility index (Phi) is 14.6. The molecule has 4 saturated heterocycles. The number of Topliss-reactive ketones (excluding diaryl/α,β-unsaturated/α-hetero) is 1. The van der Waals surface area contributed by atoms with Gasteiger partial charge in [0.2, 0.25) is 11.9 Å². The third-order valence-electron chi connectivity index (χ3n) is 14.0. The molecule has 0 unspecified atom stereocenters. The average molecular weight is 982 g/mol. The van der Waals surface area contributed by atoms with Gasteiger partial charge in [0.05, 0.1) is 113 Å². The number of esters is 1. The van der Waals surface area contributed by atoms with Gasteiger partial charge in [0.25, 0.3) is 0 Å². The smallest absolute Gasteiger partial charge is 0.341 e. The summed E-state index contributed by atoms with van der Waals surface area (Å²) in [6, 6.07) is 20.0. The van der Waals surface area contributed by atoms with Gasteiger partial charge < -0.3 is 53.3 Å². The minimum Gasteiger partial charge on any atom is -0.496 e. The number of carbonyl (C=O) groups is 2. The van der Waals surface area contributed by atoms with Gasteiger partial charge >= 0.3 is 5.97 Å². The fraction of sp³-hybridized carbons (Fsp3) is 0.472. The highest BCUT2D eigenvalue weighted by molar-refractivity contribution is 6.03. The van der Waals surface area contributed by atoms with Crippen molar-refractivity contribution >= 4 is 63.0 Å². The van der Waals surface area contributed by atoms with Gasteiger partial charge in [-0.3, -0.25) is 4.79 Å². The molecule has 0 radical (unpaired) electrons. The highest BCUT2D eigenvalue weighted by Crippen LogP contribution is 2.35. The standard InChI is InChI=1S/C27H32N6O3.C26H31N5O5/c1-17-15-35-12-10-32(17)26-20-6-8-22(19-5-7-23-21(14-19)24(34)4-3-9-28-23)29-25(20)30-27(31-26)33-11-13-36-16-18(33)2;1-16-14-35-11-9-30(16)24-19-6-7-21(18-5-8-22(33-3)20(13-18)25(32)34-4)27-23(19)28-26(29-24)31-10-12-36-15-17(31)2/h5-8,14,17-18,28H,3-4,9-13,15-16H2,1-2H3;5-8,13,16-17H,9-12,14-15H2,1-4H3/t17-,18-;16-,17-/m00/s1. The fourth-order valence-corrected chi connectivity index (χ4v) is 9.95. The van der Waals surface area contributed by atoms with Crippen LogP contribution in [0.1, 0.15) is 61.3 Å². The van der Waals surface area contributed by atoms with Crippen LogP contribution in [0.25, 0.3) is 44.6 Å². The summed E-state index contributed by atoms with van der Waals surface area (Å²) >= 11 is 0. The van der Waals surface area contributed by atoms with E-state index in [1.54, 1.807) is 12.1 Å². The molecule has 4 atom stereocenters. The van der Waals surface area contributed by atoms with Gasteiger partial charge in [-0.25, -0.2) is 14.8 Å². The average Bonchev–Trinajstić information content (AvgIpc) is 3.60. The molecule has 0 amide bonds. The van der Waals surface area contributed by atoms with E-state index >= 15 is 0 Å². The molecule has 72 heavy (non-hydrogen) atoms. The third-order valence-corrected chi connectivity index (χ3v) is 14.0. The quantitative estimate of drug-likeness (QED) is 0.163. The van der Waals surface area contributed by atoms with Crippen LogP contribution in [0.5, 0.6) is 5.75 Å². The molecule has 19 nitrogen and oxygen atoms in total. The second kappa shape index (κ2) is 21.5. The minimum absolute atomic E-state index is 0.151. The zero-order valence-electron chi connectivity index (χ0n) is 41.9. The van der Waals surface area contributed by atoms with Crippen LogP contribution in [-0.4, -0.2) is 166 Å². The second-order valence-corrected chi connectivity index (χ2v) is 18.9. The molecule has 5 aliphatic heterocycles. The Morgan fingerprint density at radius 3 is 1.57 bits per heavy atom. The van der Waals surface area contributed by atoms with Crippen LogP contribution in [0.15, 0.2) is 60.7 Å². The zero-order valence-corrected chi connectivity index (χ0v) is 41.9. The van der Waals surface area contributed by atoms with Gasteiger partial charge in [-0.1, -0.05) is 6.07 Å². The van der Waals surface area contributed by atoms with Crippen LogP contribution in [0.3, 0.4) is 0 Å². The van der Waals surface area contributed by atoms with Crippen LogP contribution >= 0.6 is 0 Å². The van der Waals surface area contributed by atoms with Crippen molar-refractivity contribution in [2.24, 2.45) is 0 Å². The first-order valence-electron chi connectivity index (χ1n) is 25.0. The van der Waals surface area contributed by atoms with Crippen molar-refractivity contribution in [1.82, 2.24) is 29.9 Å². The van der Waals surface area contributed by atoms with Crippen molar-refractivity contribution in [3.05, 3.63) is 71.8 Å². The minimum atomic E-state index is -0.469. The fourth-order valence-electron chi connectivity index (χ4n) is 9.95. The number of nitrogens with one attached hydrogen (secondary N) is 1. The van der Waals surface area contributed by atoms with E-state index in [1.165, 1.54) is 14.2 Å². The van der Waals surface area contributed by atoms with E-state index in [1.807, 2.05) is 42.5 Å². The number of methoxy groups -OCH3 is 2. The van der Waals surface area contributed by atoms with Crippen molar-refractivity contribution in [1.29, 1.82) is 0 Å². The number of morpholine rings is 4. The number of ether oxygens (including phenoxy) is 6. The Hall–Kier alpha value is -6.80. The SMILES string of the molecule is COC(=O)c1cc(-c2ccc3c(N4CCOC[C@@H]4C)nc(N4CCOC[C@@H]4C)nc3n2)ccc1OC.C[C@H]1COCCN1c1nc(N2CCOC[C@@H]2C)c2ccc(-c3ccc4c(c3)C(=O)CCCN4)nc2n1. The molecule has 0 spiro atoms. The molecule has 4 aromatic heterocycles. The van der Waals surface area contributed by atoms with Gasteiger partial charge in [-0.15, -0.1) is 0 Å². The number of nitrogens with zero attached hydrogens (tertiary/aromatic N) is 10. The highest BCUT2D eigenvalue weighted by atomic mass is 16.5. The number of carbonyl (C=O) groups excluding carboxylic acids is 2. The number of pyridine rings is 2. The maximum absolute atomic E-state index is 12.7. The van der Waals surface area contributed by atoms with E-state index in [-0.39, 0.29) is 30.0 Å². The maximum atomic E-state index is 12.7. The lowest BCUT2D eigenvalue weighted by molar-refractivity contribution is 0.0597. The number of ketones is 1. The molecule has 0 bridgehead atoms. The summed E-state index contributed by atoms with van der Waals surface area (Å²) in [5.74, 6) is 3.22. The maximum Gasteiger partial charge on any atom is 0.341 e. The second-order valence-electron chi connectivity index (χ2n) is 18.9. The lowest BCUT2D eigenvalue weighted by Crippen LogP contribution is -2.46. The van der Waals surface area contributed by atoms with E-state index in [2.05, 4.69) is 58.7 Å². The van der Waals surface area contributed by atoms with E-state index in [0.717, 1.165) is 83.1 Å². The van der Waals surface area contributed by atoms with Gasteiger partial charge in [0.15, 0.2) is 17.1 Å². The number of hydrogen-bond acceptors (Lipinski definition) is 19. The predicted octanol–water partition coefficient (Wildman–Crippen LogP) is 6.47. The molecular weight excluding hydrogens is 919 g/mol. The van der Waals surface area contributed by atoms with Gasteiger partial charge in [0.1, 0.15) is 22.9 Å². The largest absolute Gasteiger partial charge is 0.496 e. The first-order valence-corrected chi connectivity index (χ1v) is 25.0. The Morgan fingerprint density at radius 1 is 0.597 bits per heavy atom. The van der Waals surface area contributed by atoms with Gasteiger partial charge in [0, 0.05) is 61.5 Å². The summed E-state index contributed by atoms with van der Waals surface area (Å²) in [6.07, 6.45) is 1.41. The van der Waals surface area contributed by atoms with Crippen molar-refractivity contribution in [2.45, 2.75) is 64.7 Å². The molecule has 5 aliphatic rings. The van der Waals surface area contributed by atoms with Crippen molar-refractivity contribution in [3.63, 3.8) is 0 Å². The number of benzene rings is 2. The van der Waals surface area contributed by atoms with Crippen LogP contribution in [0, 0.1) is 0 Å². The van der Waals surface area contributed by atoms with E-state index in [0.29, 0.717) is 106 Å². The zero-order chi connectivity index (χ0) is 49.9. The summed E-state index contributed by atoms with van der Waals surface area (Å²) in [7, 11) is 2.87. The summed E-state index contributed by atoms with van der Waals surface area (Å²) < 4.78 is 32.9. The normalized spacial score (nSPS) is 21.6. The van der Waals surface area contributed by atoms with E-state index in [4.69, 9.17) is 58.3 Å². The lowest BCUT2D eigenvalue weighted by Gasteiger charge is -2.37. The number of aromatic nitrogens is 6. The van der Waals surface area contributed by atoms with Gasteiger partial charge in [-0.05, 0) is 88.7 Å². The Bertz CT molecular complexity index is 2820. The van der Waals surface area contributed by atoms with Crippen molar-refractivity contribution in [3.8, 4) is 28.3 Å². The molecule has 378 valence electrons.